The van der Waals surface area contributed by atoms with Crippen LogP contribution in [0, 0.1) is 13.8 Å². The van der Waals surface area contributed by atoms with Gasteiger partial charge in [-0.2, -0.15) is 5.10 Å². The predicted octanol–water partition coefficient (Wildman–Crippen LogP) is 2.38. The van der Waals surface area contributed by atoms with Crippen LogP contribution < -0.4 is 5.32 Å². The van der Waals surface area contributed by atoms with Crippen LogP contribution in [-0.4, -0.2) is 45.8 Å². The van der Waals surface area contributed by atoms with Crippen molar-refractivity contribution >= 4 is 23.7 Å². The van der Waals surface area contributed by atoms with Crippen molar-refractivity contribution in [3.63, 3.8) is 0 Å². The molecule has 0 saturated carbocycles. The van der Waals surface area contributed by atoms with Crippen LogP contribution in [0.25, 0.3) is 0 Å². The van der Waals surface area contributed by atoms with Gasteiger partial charge in [0.1, 0.15) is 11.5 Å². The van der Waals surface area contributed by atoms with Crippen molar-refractivity contribution in [3.8, 4) is 0 Å². The molecule has 0 aliphatic rings. The lowest BCUT2D eigenvalue weighted by atomic mass is 10.1. The number of rotatable bonds is 7. The van der Waals surface area contributed by atoms with Crippen LogP contribution in [0.3, 0.4) is 0 Å². The van der Waals surface area contributed by atoms with E-state index in [-0.39, 0.29) is 18.3 Å². The number of aryl methyl sites for hydroxylation is 1. The standard InChI is InChI=1S/C18H24N4O5/c1-6-26-17(24)15-11(4)16(20-12(15)5)18(25)27-9-14(23)21-13-7-8-19-22(13)10(2)3/h7-8,10,20H,6,9H2,1-5H3,(H,21,23). The first-order valence-corrected chi connectivity index (χ1v) is 8.63. The lowest BCUT2D eigenvalue weighted by Crippen LogP contribution is -2.23. The minimum atomic E-state index is -0.723. The fourth-order valence-corrected chi connectivity index (χ4v) is 2.67. The zero-order valence-corrected chi connectivity index (χ0v) is 16.1. The normalized spacial score (nSPS) is 10.7. The number of esters is 2. The third-order valence-electron chi connectivity index (χ3n) is 3.88. The average molecular weight is 376 g/mol. The fraction of sp³-hybridized carbons (Fsp3) is 0.444. The average Bonchev–Trinajstić information content (AvgIpc) is 3.17. The van der Waals surface area contributed by atoms with Crippen LogP contribution in [-0.2, 0) is 14.3 Å². The number of H-pyrrole nitrogens is 1. The Hall–Kier alpha value is -3.10. The molecule has 0 saturated heterocycles. The molecule has 0 bridgehead atoms. The second kappa shape index (κ2) is 8.52. The molecule has 0 fully saturated rings. The van der Waals surface area contributed by atoms with Crippen LogP contribution in [0.1, 0.15) is 58.9 Å². The number of amides is 1. The number of hydrogen-bond donors (Lipinski definition) is 2. The highest BCUT2D eigenvalue weighted by molar-refractivity contribution is 5.99. The number of carbonyl (C=O) groups is 3. The number of carbonyl (C=O) groups excluding carboxylic acids is 3. The van der Waals surface area contributed by atoms with E-state index in [1.807, 2.05) is 13.8 Å². The Balaban J connectivity index is 2.01. The van der Waals surface area contributed by atoms with E-state index in [9.17, 15) is 14.4 Å². The van der Waals surface area contributed by atoms with E-state index >= 15 is 0 Å². The lowest BCUT2D eigenvalue weighted by molar-refractivity contribution is -0.119. The summed E-state index contributed by atoms with van der Waals surface area (Å²) in [5.74, 6) is -1.21. The van der Waals surface area contributed by atoms with Gasteiger partial charge in [-0.3, -0.25) is 4.79 Å². The molecule has 0 unspecified atom stereocenters. The number of ether oxygens (including phenoxy) is 2. The number of hydrogen-bond acceptors (Lipinski definition) is 6. The van der Waals surface area contributed by atoms with Gasteiger partial charge in [-0.1, -0.05) is 0 Å². The maximum absolute atomic E-state index is 12.3. The van der Waals surface area contributed by atoms with Gasteiger partial charge < -0.3 is 19.8 Å². The molecule has 2 aromatic rings. The summed E-state index contributed by atoms with van der Waals surface area (Å²) in [4.78, 5) is 39.2. The van der Waals surface area contributed by atoms with E-state index < -0.39 is 24.5 Å². The van der Waals surface area contributed by atoms with Crippen LogP contribution in [0.5, 0.6) is 0 Å². The zero-order valence-electron chi connectivity index (χ0n) is 16.1. The summed E-state index contributed by atoms with van der Waals surface area (Å²) < 4.78 is 11.7. The Bertz CT molecular complexity index is 850. The maximum Gasteiger partial charge on any atom is 0.355 e. The SMILES string of the molecule is CCOC(=O)c1c(C)[nH]c(C(=O)OCC(=O)Nc2ccnn2C(C)C)c1C. The Morgan fingerprint density at radius 1 is 1.22 bits per heavy atom. The highest BCUT2D eigenvalue weighted by Crippen LogP contribution is 2.20. The van der Waals surface area contributed by atoms with E-state index in [1.165, 1.54) is 0 Å². The summed E-state index contributed by atoms with van der Waals surface area (Å²) in [6, 6.07) is 1.73. The van der Waals surface area contributed by atoms with Gasteiger partial charge in [-0.25, -0.2) is 14.3 Å². The number of nitrogens with one attached hydrogen (secondary N) is 2. The number of anilines is 1. The molecule has 0 spiro atoms. The Morgan fingerprint density at radius 2 is 1.93 bits per heavy atom. The summed E-state index contributed by atoms with van der Waals surface area (Å²) in [5.41, 5.74) is 1.35. The minimum absolute atomic E-state index is 0.0729. The molecule has 27 heavy (non-hydrogen) atoms. The van der Waals surface area contributed by atoms with Crippen LogP contribution in [0.2, 0.25) is 0 Å². The number of nitrogens with zero attached hydrogens (tertiary/aromatic N) is 2. The fourth-order valence-electron chi connectivity index (χ4n) is 2.67. The molecule has 146 valence electrons. The zero-order chi connectivity index (χ0) is 20.1. The van der Waals surface area contributed by atoms with Gasteiger partial charge in [0, 0.05) is 17.8 Å². The van der Waals surface area contributed by atoms with E-state index in [2.05, 4.69) is 15.4 Å². The number of aromatic nitrogens is 3. The summed E-state index contributed by atoms with van der Waals surface area (Å²) in [6.45, 7) is 8.61. The highest BCUT2D eigenvalue weighted by Gasteiger charge is 2.24. The summed E-state index contributed by atoms with van der Waals surface area (Å²) in [6.07, 6.45) is 1.57. The topological polar surface area (TPSA) is 115 Å². The van der Waals surface area contributed by atoms with E-state index in [4.69, 9.17) is 9.47 Å². The third-order valence-corrected chi connectivity index (χ3v) is 3.88. The van der Waals surface area contributed by atoms with E-state index in [0.29, 0.717) is 22.6 Å². The first-order valence-electron chi connectivity index (χ1n) is 8.63. The van der Waals surface area contributed by atoms with Gasteiger partial charge in [0.25, 0.3) is 5.91 Å². The molecule has 2 N–H and O–H groups in total. The molecule has 0 aromatic carbocycles. The predicted molar refractivity (Wildman–Crippen MR) is 97.7 cm³/mol. The third kappa shape index (κ3) is 4.55. The van der Waals surface area contributed by atoms with Crippen LogP contribution >= 0.6 is 0 Å². The quantitative estimate of drug-likeness (QED) is 0.717. The summed E-state index contributed by atoms with van der Waals surface area (Å²) in [5, 5.41) is 6.76. The van der Waals surface area contributed by atoms with Crippen molar-refractivity contribution in [1.29, 1.82) is 0 Å². The molecular formula is C18H24N4O5. The Morgan fingerprint density at radius 3 is 2.56 bits per heavy atom. The Labute approximate surface area is 157 Å². The maximum atomic E-state index is 12.3. The van der Waals surface area contributed by atoms with Crippen molar-refractivity contribution < 1.29 is 23.9 Å². The minimum Gasteiger partial charge on any atom is -0.462 e. The largest absolute Gasteiger partial charge is 0.462 e. The van der Waals surface area contributed by atoms with Crippen LogP contribution in [0.4, 0.5) is 5.82 Å². The van der Waals surface area contributed by atoms with Crippen molar-refractivity contribution in [2.75, 3.05) is 18.5 Å². The molecule has 0 aliphatic heterocycles. The first kappa shape index (κ1) is 20.2. The lowest BCUT2D eigenvalue weighted by Gasteiger charge is -2.11. The van der Waals surface area contributed by atoms with Crippen molar-refractivity contribution in [3.05, 3.63) is 34.8 Å². The highest BCUT2D eigenvalue weighted by atomic mass is 16.5. The molecule has 2 rings (SSSR count). The smallest absolute Gasteiger partial charge is 0.355 e. The number of aromatic amines is 1. The van der Waals surface area contributed by atoms with Crippen molar-refractivity contribution in [2.24, 2.45) is 0 Å². The molecule has 9 heteroatoms. The van der Waals surface area contributed by atoms with Gasteiger partial charge in [-0.15, -0.1) is 0 Å². The molecule has 0 aliphatic carbocycles. The summed E-state index contributed by atoms with van der Waals surface area (Å²) >= 11 is 0. The molecule has 0 radical (unpaired) electrons. The second-order valence-electron chi connectivity index (χ2n) is 6.22. The van der Waals surface area contributed by atoms with Gasteiger partial charge in [0.15, 0.2) is 6.61 Å². The molecule has 2 aromatic heterocycles. The van der Waals surface area contributed by atoms with Gasteiger partial charge in [0.2, 0.25) is 0 Å². The van der Waals surface area contributed by atoms with Crippen LogP contribution in [0.15, 0.2) is 12.3 Å². The molecule has 0 atom stereocenters. The first-order chi connectivity index (χ1) is 12.8. The molecule has 2 heterocycles. The summed E-state index contributed by atoms with van der Waals surface area (Å²) in [7, 11) is 0. The molecule has 9 nitrogen and oxygen atoms in total. The van der Waals surface area contributed by atoms with Gasteiger partial charge in [-0.05, 0) is 40.2 Å². The molecular weight excluding hydrogens is 352 g/mol. The molecule has 1 amide bonds. The second-order valence-corrected chi connectivity index (χ2v) is 6.22. The van der Waals surface area contributed by atoms with Crippen molar-refractivity contribution in [1.82, 2.24) is 14.8 Å². The van der Waals surface area contributed by atoms with Crippen molar-refractivity contribution in [2.45, 2.75) is 40.7 Å². The van der Waals surface area contributed by atoms with Gasteiger partial charge in [0.05, 0.1) is 18.4 Å². The van der Waals surface area contributed by atoms with E-state index in [1.54, 1.807) is 37.7 Å². The Kier molecular flexibility index (Phi) is 6.38. The monoisotopic (exact) mass is 376 g/mol. The van der Waals surface area contributed by atoms with Gasteiger partial charge >= 0.3 is 11.9 Å². The van der Waals surface area contributed by atoms with E-state index in [0.717, 1.165) is 0 Å².